The van der Waals surface area contributed by atoms with Crippen molar-refractivity contribution in [3.63, 3.8) is 0 Å². The summed E-state index contributed by atoms with van der Waals surface area (Å²) >= 11 is 3.57. The molecule has 0 radical (unpaired) electrons. The number of methoxy groups -OCH3 is 1. The van der Waals surface area contributed by atoms with E-state index in [1.54, 1.807) is 13.2 Å². The lowest BCUT2D eigenvalue weighted by Gasteiger charge is -2.09. The van der Waals surface area contributed by atoms with Gasteiger partial charge >= 0.3 is 0 Å². The van der Waals surface area contributed by atoms with E-state index in [-0.39, 0.29) is 11.7 Å². The van der Waals surface area contributed by atoms with Crippen LogP contribution in [0.5, 0.6) is 5.75 Å². The van der Waals surface area contributed by atoms with Crippen molar-refractivity contribution < 1.29 is 9.53 Å². The maximum absolute atomic E-state index is 12.3. The van der Waals surface area contributed by atoms with Gasteiger partial charge in [-0.1, -0.05) is 30.0 Å². The number of hydrogen-bond acceptors (Lipinski definition) is 5. The number of rotatable bonds is 8. The predicted molar refractivity (Wildman–Crippen MR) is 121 cm³/mol. The molecule has 28 heavy (non-hydrogen) atoms. The Morgan fingerprint density at radius 2 is 2.07 bits per heavy atom. The van der Waals surface area contributed by atoms with Gasteiger partial charge in [0.1, 0.15) is 5.75 Å². The topological polar surface area (TPSA) is 69.0 Å². The highest BCUT2D eigenvalue weighted by molar-refractivity contribution is 14.1. The molecule has 0 saturated heterocycles. The van der Waals surface area contributed by atoms with Crippen LogP contribution in [-0.4, -0.2) is 33.5 Å². The Labute approximate surface area is 181 Å². The van der Waals surface area contributed by atoms with Gasteiger partial charge in [-0.05, 0) is 59.0 Å². The van der Waals surface area contributed by atoms with Crippen LogP contribution in [0.2, 0.25) is 0 Å². The van der Waals surface area contributed by atoms with Gasteiger partial charge in [-0.15, -0.1) is 16.8 Å². The molecule has 0 saturated carbocycles. The monoisotopic (exact) mass is 506 g/mol. The molecule has 144 valence electrons. The van der Waals surface area contributed by atoms with E-state index in [9.17, 15) is 4.79 Å². The maximum atomic E-state index is 12.3. The number of carbonyl (C=O) groups excluding carboxylic acids is 1. The van der Waals surface area contributed by atoms with Crippen LogP contribution in [0.1, 0.15) is 0 Å². The number of anilines is 1. The van der Waals surface area contributed by atoms with Crippen LogP contribution in [0.4, 0.5) is 5.69 Å². The van der Waals surface area contributed by atoms with Gasteiger partial charge in [0.05, 0.1) is 12.9 Å². The molecule has 0 unspecified atom stereocenters. The highest BCUT2D eigenvalue weighted by Gasteiger charge is 2.15. The number of hydrogen-bond donors (Lipinski definition) is 1. The van der Waals surface area contributed by atoms with E-state index in [2.05, 4.69) is 44.7 Å². The van der Waals surface area contributed by atoms with Gasteiger partial charge < -0.3 is 10.1 Å². The minimum atomic E-state index is -0.0951. The number of nitrogens with zero attached hydrogens (tertiary/aromatic N) is 3. The number of ether oxygens (including phenoxy) is 1. The van der Waals surface area contributed by atoms with Crippen LogP contribution in [-0.2, 0) is 11.3 Å². The molecule has 1 N–H and O–H groups in total. The summed E-state index contributed by atoms with van der Waals surface area (Å²) in [6.07, 6.45) is 1.78. The Bertz CT molecular complexity index is 973. The first kappa shape index (κ1) is 20.4. The predicted octanol–water partition coefficient (Wildman–Crippen LogP) is 4.48. The van der Waals surface area contributed by atoms with Gasteiger partial charge in [0.25, 0.3) is 0 Å². The van der Waals surface area contributed by atoms with Crippen LogP contribution < -0.4 is 10.1 Å². The normalized spacial score (nSPS) is 10.5. The minimum Gasteiger partial charge on any atom is -0.497 e. The van der Waals surface area contributed by atoms with Crippen LogP contribution in [0.25, 0.3) is 11.4 Å². The zero-order chi connectivity index (χ0) is 19.9. The second kappa shape index (κ2) is 9.74. The molecule has 0 atom stereocenters. The lowest BCUT2D eigenvalue weighted by Crippen LogP contribution is -2.14. The number of thioether (sulfide) groups is 1. The molecular formula is C20H19IN4O2S. The summed E-state index contributed by atoms with van der Waals surface area (Å²) < 4.78 is 8.34. The Kier molecular flexibility index (Phi) is 7.10. The van der Waals surface area contributed by atoms with E-state index in [1.165, 1.54) is 11.8 Å². The van der Waals surface area contributed by atoms with Crippen molar-refractivity contribution in [2.75, 3.05) is 18.2 Å². The number of aromatic nitrogens is 3. The van der Waals surface area contributed by atoms with Crippen molar-refractivity contribution in [2.24, 2.45) is 0 Å². The second-order valence-electron chi connectivity index (χ2n) is 5.78. The lowest BCUT2D eigenvalue weighted by molar-refractivity contribution is -0.113. The van der Waals surface area contributed by atoms with Gasteiger partial charge in [-0.25, -0.2) is 0 Å². The standard InChI is InChI=1S/C20H19IN4O2S/c1-3-11-25-19(14-5-4-6-17(12-14)27-2)23-24-20(25)28-13-18(26)22-16-9-7-15(21)8-10-16/h3-10,12H,1,11,13H2,2H3,(H,22,26). The third-order valence-corrected chi connectivity index (χ3v) is 5.50. The van der Waals surface area contributed by atoms with Gasteiger partial charge in [0, 0.05) is 21.4 Å². The molecule has 1 aromatic heterocycles. The summed E-state index contributed by atoms with van der Waals surface area (Å²) in [7, 11) is 1.63. The van der Waals surface area contributed by atoms with Crippen molar-refractivity contribution >= 4 is 45.9 Å². The molecular weight excluding hydrogens is 487 g/mol. The van der Waals surface area contributed by atoms with E-state index in [0.29, 0.717) is 17.5 Å². The zero-order valence-electron chi connectivity index (χ0n) is 15.3. The molecule has 6 nitrogen and oxygen atoms in total. The van der Waals surface area contributed by atoms with Crippen LogP contribution >= 0.6 is 34.4 Å². The smallest absolute Gasteiger partial charge is 0.234 e. The molecule has 0 fully saturated rings. The largest absolute Gasteiger partial charge is 0.497 e. The SMILES string of the molecule is C=CCn1c(SCC(=O)Nc2ccc(I)cc2)nnc1-c1cccc(OC)c1. The van der Waals surface area contributed by atoms with Crippen molar-refractivity contribution in [1.82, 2.24) is 14.8 Å². The number of halogens is 1. The maximum Gasteiger partial charge on any atom is 0.234 e. The third-order valence-electron chi connectivity index (χ3n) is 3.82. The molecule has 0 bridgehead atoms. The van der Waals surface area contributed by atoms with Crippen LogP contribution in [0.15, 0.2) is 66.3 Å². The molecule has 8 heteroatoms. The van der Waals surface area contributed by atoms with Crippen molar-refractivity contribution in [3.05, 3.63) is 64.8 Å². The molecule has 0 aliphatic carbocycles. The average Bonchev–Trinajstić information content (AvgIpc) is 3.11. The molecule has 0 aliphatic heterocycles. The van der Waals surface area contributed by atoms with Gasteiger partial charge in [-0.3, -0.25) is 9.36 Å². The van der Waals surface area contributed by atoms with Crippen molar-refractivity contribution in [2.45, 2.75) is 11.7 Å². The minimum absolute atomic E-state index is 0.0951. The number of carbonyl (C=O) groups is 1. The fraction of sp³-hybridized carbons (Fsp3) is 0.150. The molecule has 1 amide bonds. The van der Waals surface area contributed by atoms with E-state index in [0.717, 1.165) is 20.6 Å². The second-order valence-corrected chi connectivity index (χ2v) is 7.97. The summed E-state index contributed by atoms with van der Waals surface area (Å²) in [5, 5.41) is 12.1. The summed E-state index contributed by atoms with van der Waals surface area (Å²) in [6.45, 7) is 4.36. The molecule has 3 aromatic rings. The quantitative estimate of drug-likeness (QED) is 0.277. The number of nitrogens with one attached hydrogen (secondary N) is 1. The summed E-state index contributed by atoms with van der Waals surface area (Å²) in [4.78, 5) is 12.3. The fourth-order valence-corrected chi connectivity index (χ4v) is 3.63. The first-order valence-corrected chi connectivity index (χ1v) is 10.5. The fourth-order valence-electron chi connectivity index (χ4n) is 2.53. The first-order valence-electron chi connectivity index (χ1n) is 8.47. The van der Waals surface area contributed by atoms with E-state index < -0.39 is 0 Å². The van der Waals surface area contributed by atoms with E-state index in [1.807, 2.05) is 53.1 Å². The number of allylic oxidation sites excluding steroid dienone is 1. The van der Waals surface area contributed by atoms with Crippen LogP contribution in [0.3, 0.4) is 0 Å². The third kappa shape index (κ3) is 5.14. The first-order chi connectivity index (χ1) is 13.6. The lowest BCUT2D eigenvalue weighted by atomic mass is 10.2. The Morgan fingerprint density at radius 1 is 1.29 bits per heavy atom. The highest BCUT2D eigenvalue weighted by Crippen LogP contribution is 2.26. The Hall–Kier alpha value is -2.33. The van der Waals surface area contributed by atoms with Crippen molar-refractivity contribution in [3.8, 4) is 17.1 Å². The molecule has 0 spiro atoms. The van der Waals surface area contributed by atoms with E-state index in [4.69, 9.17) is 4.74 Å². The summed E-state index contributed by atoms with van der Waals surface area (Å²) in [5.74, 6) is 1.60. The Balaban J connectivity index is 1.73. The highest BCUT2D eigenvalue weighted by atomic mass is 127. The molecule has 1 heterocycles. The van der Waals surface area contributed by atoms with Gasteiger partial charge in [0.2, 0.25) is 5.91 Å². The summed E-state index contributed by atoms with van der Waals surface area (Å²) in [5.41, 5.74) is 1.67. The van der Waals surface area contributed by atoms with Crippen molar-refractivity contribution in [1.29, 1.82) is 0 Å². The van der Waals surface area contributed by atoms with E-state index >= 15 is 0 Å². The number of benzene rings is 2. The van der Waals surface area contributed by atoms with Gasteiger partial charge in [0.15, 0.2) is 11.0 Å². The van der Waals surface area contributed by atoms with Crippen LogP contribution in [0, 0.1) is 3.57 Å². The Morgan fingerprint density at radius 3 is 2.79 bits per heavy atom. The zero-order valence-corrected chi connectivity index (χ0v) is 18.2. The molecule has 0 aliphatic rings. The van der Waals surface area contributed by atoms with Gasteiger partial charge in [-0.2, -0.15) is 0 Å². The molecule has 3 rings (SSSR count). The molecule has 2 aromatic carbocycles. The number of amides is 1. The average molecular weight is 506 g/mol. The summed E-state index contributed by atoms with van der Waals surface area (Å²) in [6, 6.07) is 15.3.